The van der Waals surface area contributed by atoms with E-state index in [1.54, 1.807) is 0 Å². The normalized spacial score (nSPS) is 11.8. The van der Waals surface area contributed by atoms with E-state index in [1.807, 2.05) is 22.7 Å². The molecule has 0 nitrogen and oxygen atoms in total. The van der Waals surface area contributed by atoms with Crippen molar-refractivity contribution < 1.29 is 0 Å². The molecule has 0 atom stereocenters. The first-order valence-corrected chi connectivity index (χ1v) is 16.0. The lowest BCUT2D eigenvalue weighted by atomic mass is 9.86. The Balaban J connectivity index is 1.29. The van der Waals surface area contributed by atoms with Crippen LogP contribution in [0, 0.1) is 0 Å². The van der Waals surface area contributed by atoms with Crippen molar-refractivity contribution in [2.45, 2.75) is 0 Å². The first-order valence-electron chi connectivity index (χ1n) is 14.3. The van der Waals surface area contributed by atoms with Gasteiger partial charge in [-0.25, -0.2) is 0 Å². The number of hydrogen-bond acceptors (Lipinski definition) is 2. The van der Waals surface area contributed by atoms with E-state index in [1.165, 1.54) is 85.2 Å². The highest BCUT2D eigenvalue weighted by atomic mass is 32.1. The van der Waals surface area contributed by atoms with E-state index in [0.29, 0.717) is 0 Å². The summed E-state index contributed by atoms with van der Waals surface area (Å²) in [5, 5.41) is 11.5. The minimum atomic E-state index is 1.26. The van der Waals surface area contributed by atoms with Gasteiger partial charge in [-0.15, -0.1) is 22.7 Å². The van der Waals surface area contributed by atoms with Gasteiger partial charge in [0.15, 0.2) is 0 Å². The molecule has 0 unspecified atom stereocenters. The van der Waals surface area contributed by atoms with E-state index < -0.39 is 0 Å². The largest absolute Gasteiger partial charge is 0.143 e. The molecule has 0 saturated heterocycles. The van der Waals surface area contributed by atoms with Crippen molar-refractivity contribution in [3.8, 4) is 33.4 Å². The summed E-state index contributed by atoms with van der Waals surface area (Å²) >= 11 is 3.75. The predicted octanol–water partition coefficient (Wildman–Crippen LogP) is 12.6. The van der Waals surface area contributed by atoms with Crippen LogP contribution in [0.5, 0.6) is 0 Å². The molecule has 2 aromatic heterocycles. The summed E-state index contributed by atoms with van der Waals surface area (Å²) in [5.41, 5.74) is 7.75. The summed E-state index contributed by atoms with van der Waals surface area (Å²) in [6.45, 7) is 0. The van der Waals surface area contributed by atoms with Gasteiger partial charge in [0.1, 0.15) is 0 Å². The molecular formula is C40H24S2. The highest BCUT2D eigenvalue weighted by Crippen LogP contribution is 2.46. The van der Waals surface area contributed by atoms with Gasteiger partial charge in [0, 0.05) is 35.8 Å². The minimum absolute atomic E-state index is 1.26. The Kier molecular flexibility index (Phi) is 5.34. The Morgan fingerprint density at radius 1 is 0.333 bits per heavy atom. The molecule has 0 aliphatic carbocycles. The van der Waals surface area contributed by atoms with Crippen LogP contribution >= 0.6 is 22.7 Å². The summed E-state index contributed by atoms with van der Waals surface area (Å²) < 4.78 is 4.04. The maximum Gasteiger partial charge on any atom is 0.0369 e. The summed E-state index contributed by atoms with van der Waals surface area (Å²) in [7, 11) is 0. The average Bonchev–Trinajstić information content (AvgIpc) is 3.63. The summed E-state index contributed by atoms with van der Waals surface area (Å²) in [5.74, 6) is 0. The zero-order valence-corrected chi connectivity index (χ0v) is 24.3. The van der Waals surface area contributed by atoms with Crippen molar-refractivity contribution in [1.29, 1.82) is 0 Å². The zero-order chi connectivity index (χ0) is 27.6. The van der Waals surface area contributed by atoms with Crippen molar-refractivity contribution in [2.75, 3.05) is 0 Å². The molecule has 42 heavy (non-hydrogen) atoms. The predicted molar refractivity (Wildman–Crippen MR) is 186 cm³/mol. The van der Waals surface area contributed by atoms with E-state index in [9.17, 15) is 0 Å². The van der Waals surface area contributed by atoms with Crippen LogP contribution in [-0.4, -0.2) is 0 Å². The molecule has 9 aromatic rings. The van der Waals surface area contributed by atoms with Gasteiger partial charge in [-0.2, -0.15) is 0 Å². The third-order valence-electron chi connectivity index (χ3n) is 8.53. The Bertz CT molecular complexity index is 2390. The standard InChI is InChI=1S/C40H24S2/c1-3-11-25(12-4-1)35-24-41-36-23-38-33(22-34(35)36)28-20-19-27(21-37(28)42-38)40-31-17-9-7-15-29(31)39(26-13-5-2-6-14-26)30-16-8-10-18-32(30)40/h1-24H. The molecule has 2 heterocycles. The maximum atomic E-state index is 2.42. The van der Waals surface area contributed by atoms with Crippen LogP contribution in [0.15, 0.2) is 145 Å². The third-order valence-corrected chi connectivity index (χ3v) is 10.6. The highest BCUT2D eigenvalue weighted by Gasteiger charge is 2.18. The van der Waals surface area contributed by atoms with Crippen molar-refractivity contribution >= 4 is 74.5 Å². The summed E-state index contributed by atoms with van der Waals surface area (Å²) in [6.07, 6.45) is 0. The molecular weight excluding hydrogens is 545 g/mol. The lowest BCUT2D eigenvalue weighted by Crippen LogP contribution is -1.90. The number of thiophene rings is 2. The van der Waals surface area contributed by atoms with Crippen LogP contribution in [-0.2, 0) is 0 Å². The minimum Gasteiger partial charge on any atom is -0.143 e. The van der Waals surface area contributed by atoms with Crippen LogP contribution in [0.2, 0.25) is 0 Å². The molecule has 0 radical (unpaired) electrons. The van der Waals surface area contributed by atoms with Crippen LogP contribution < -0.4 is 0 Å². The van der Waals surface area contributed by atoms with Gasteiger partial charge in [-0.1, -0.05) is 121 Å². The van der Waals surface area contributed by atoms with Gasteiger partial charge in [-0.3, -0.25) is 0 Å². The molecule has 9 rings (SSSR count). The first kappa shape index (κ1) is 23.9. The molecule has 196 valence electrons. The van der Waals surface area contributed by atoms with Gasteiger partial charge in [0.2, 0.25) is 0 Å². The Labute approximate surface area is 251 Å². The fourth-order valence-electron chi connectivity index (χ4n) is 6.65. The molecule has 0 aliphatic heterocycles. The van der Waals surface area contributed by atoms with Crippen LogP contribution in [0.1, 0.15) is 0 Å². The maximum absolute atomic E-state index is 2.42. The second-order valence-electron chi connectivity index (χ2n) is 10.9. The van der Waals surface area contributed by atoms with Gasteiger partial charge < -0.3 is 0 Å². The lowest BCUT2D eigenvalue weighted by Gasteiger charge is -2.17. The van der Waals surface area contributed by atoms with Crippen LogP contribution in [0.3, 0.4) is 0 Å². The first-order chi connectivity index (χ1) is 20.8. The Hall–Kier alpha value is -4.76. The number of benzene rings is 7. The summed E-state index contributed by atoms with van der Waals surface area (Å²) in [6, 6.07) is 51.3. The molecule has 2 heteroatoms. The number of rotatable bonds is 3. The second kappa shape index (κ2) is 9.39. The molecule has 7 aromatic carbocycles. The molecule has 0 fully saturated rings. The topological polar surface area (TPSA) is 0 Å². The fourth-order valence-corrected chi connectivity index (χ4v) is 8.88. The number of hydrogen-bond donors (Lipinski definition) is 0. The molecule has 0 bridgehead atoms. The second-order valence-corrected chi connectivity index (χ2v) is 12.9. The average molecular weight is 569 g/mol. The van der Waals surface area contributed by atoms with Crippen LogP contribution in [0.4, 0.5) is 0 Å². The van der Waals surface area contributed by atoms with E-state index >= 15 is 0 Å². The van der Waals surface area contributed by atoms with E-state index in [4.69, 9.17) is 0 Å². The van der Waals surface area contributed by atoms with E-state index in [2.05, 4.69) is 145 Å². The van der Waals surface area contributed by atoms with Crippen molar-refractivity contribution in [2.24, 2.45) is 0 Å². The van der Waals surface area contributed by atoms with Crippen molar-refractivity contribution in [3.05, 3.63) is 145 Å². The molecule has 0 amide bonds. The number of fused-ring (bicyclic) bond motifs is 6. The van der Waals surface area contributed by atoms with E-state index in [0.717, 1.165) is 0 Å². The highest BCUT2D eigenvalue weighted by molar-refractivity contribution is 7.26. The fraction of sp³-hybridized carbons (Fsp3) is 0. The molecule has 0 saturated carbocycles. The third kappa shape index (κ3) is 3.59. The zero-order valence-electron chi connectivity index (χ0n) is 22.7. The molecule has 0 spiro atoms. The molecule has 0 aliphatic rings. The lowest BCUT2D eigenvalue weighted by molar-refractivity contribution is 1.66. The van der Waals surface area contributed by atoms with E-state index in [-0.39, 0.29) is 0 Å². The van der Waals surface area contributed by atoms with Crippen molar-refractivity contribution in [3.63, 3.8) is 0 Å². The smallest absolute Gasteiger partial charge is 0.0369 e. The Morgan fingerprint density at radius 2 is 0.881 bits per heavy atom. The molecule has 0 N–H and O–H groups in total. The van der Waals surface area contributed by atoms with Crippen molar-refractivity contribution in [1.82, 2.24) is 0 Å². The SMILES string of the molecule is c1ccc(-c2csc3cc4sc5cc(-c6c7ccccc7c(-c7ccccc7)c7ccccc67)ccc5c4cc23)cc1. The quantitative estimate of drug-likeness (QED) is 0.186. The Morgan fingerprint density at radius 3 is 1.52 bits per heavy atom. The monoisotopic (exact) mass is 568 g/mol. The summed E-state index contributed by atoms with van der Waals surface area (Å²) in [4.78, 5) is 0. The van der Waals surface area contributed by atoms with Crippen LogP contribution in [0.25, 0.3) is 85.2 Å². The van der Waals surface area contributed by atoms with Gasteiger partial charge in [0.25, 0.3) is 0 Å². The van der Waals surface area contributed by atoms with Gasteiger partial charge in [-0.05, 0) is 72.9 Å². The van der Waals surface area contributed by atoms with Gasteiger partial charge in [0.05, 0.1) is 0 Å². The van der Waals surface area contributed by atoms with Gasteiger partial charge >= 0.3 is 0 Å².